The van der Waals surface area contributed by atoms with Gasteiger partial charge in [-0.15, -0.1) is 0 Å². The maximum atomic E-state index is 13.6. The summed E-state index contributed by atoms with van der Waals surface area (Å²) in [5, 5.41) is 6.30. The minimum Gasteiger partial charge on any atom is -0.350 e. The van der Waals surface area contributed by atoms with Crippen molar-refractivity contribution in [3.05, 3.63) is 68.3 Å². The van der Waals surface area contributed by atoms with Crippen LogP contribution in [0.25, 0.3) is 0 Å². The van der Waals surface area contributed by atoms with Crippen molar-refractivity contribution in [2.24, 2.45) is 0 Å². The van der Waals surface area contributed by atoms with Crippen molar-refractivity contribution in [1.29, 1.82) is 0 Å². The van der Waals surface area contributed by atoms with Gasteiger partial charge in [-0.3, -0.25) is 9.59 Å². The molecule has 4 nitrogen and oxygen atoms in total. The summed E-state index contributed by atoms with van der Waals surface area (Å²) in [5.41, 5.74) is 2.93. The quantitative estimate of drug-likeness (QED) is 0.394. The fourth-order valence-corrected chi connectivity index (χ4v) is 4.79. The highest BCUT2D eigenvalue weighted by Crippen LogP contribution is 2.32. The number of rotatable bonds is 5. The number of nitrogens with one attached hydrogen (secondary N) is 2. The van der Waals surface area contributed by atoms with Gasteiger partial charge >= 0.3 is 0 Å². The predicted molar refractivity (Wildman–Crippen MR) is 148 cm³/mol. The Kier molecular flexibility index (Phi) is 8.16. The molecule has 0 bridgehead atoms. The molecule has 3 rings (SSSR count). The maximum absolute atomic E-state index is 13.6. The molecule has 0 spiro atoms. The maximum Gasteiger partial charge on any atom is 0.252 e. The Morgan fingerprint density at radius 2 is 1.38 bits per heavy atom. The van der Waals surface area contributed by atoms with Crippen LogP contribution in [-0.4, -0.2) is 17.4 Å². The van der Waals surface area contributed by atoms with E-state index in [0.717, 1.165) is 39.5 Å². The van der Waals surface area contributed by atoms with E-state index < -0.39 is 5.54 Å². The molecule has 184 valence electrons. The first-order valence-electron chi connectivity index (χ1n) is 12.3. The highest BCUT2D eigenvalue weighted by Gasteiger charge is 2.41. The highest BCUT2D eigenvalue weighted by molar-refractivity contribution is 14.1. The number of amides is 2. The van der Waals surface area contributed by atoms with Gasteiger partial charge in [-0.2, -0.15) is 0 Å². The first-order valence-corrected chi connectivity index (χ1v) is 13.4. The second-order valence-corrected chi connectivity index (χ2v) is 13.0. The lowest BCUT2D eigenvalue weighted by Gasteiger charge is -2.37. The molecule has 0 aromatic heterocycles. The Morgan fingerprint density at radius 1 is 0.853 bits per heavy atom. The van der Waals surface area contributed by atoms with E-state index in [-0.39, 0.29) is 22.6 Å². The van der Waals surface area contributed by atoms with E-state index >= 15 is 0 Å². The SMILES string of the molecule is CC(C)(C)c1cc(C(=O)NC2(C(=O)NCc3ccc(I)cc3)CCCCC2)cc(C(C)(C)C)c1. The van der Waals surface area contributed by atoms with E-state index in [9.17, 15) is 9.59 Å². The van der Waals surface area contributed by atoms with E-state index in [0.29, 0.717) is 24.9 Å². The molecule has 34 heavy (non-hydrogen) atoms. The summed E-state index contributed by atoms with van der Waals surface area (Å²) in [5.74, 6) is -0.245. The molecule has 1 fully saturated rings. The molecule has 0 unspecified atom stereocenters. The second kappa shape index (κ2) is 10.4. The van der Waals surface area contributed by atoms with E-state index in [1.165, 1.54) is 0 Å². The van der Waals surface area contributed by atoms with E-state index in [1.54, 1.807) is 0 Å². The Bertz CT molecular complexity index is 991. The molecule has 2 amide bonds. The zero-order chi connectivity index (χ0) is 25.1. The lowest BCUT2D eigenvalue weighted by molar-refractivity contribution is -0.128. The monoisotopic (exact) mass is 574 g/mol. The molecule has 0 saturated heterocycles. The largest absolute Gasteiger partial charge is 0.350 e. The van der Waals surface area contributed by atoms with E-state index in [4.69, 9.17) is 0 Å². The summed E-state index contributed by atoms with van der Waals surface area (Å²) in [7, 11) is 0. The minimum atomic E-state index is -0.863. The molecule has 1 aliphatic rings. The summed E-state index contributed by atoms with van der Waals surface area (Å²) in [4.78, 5) is 27.1. The molecule has 0 atom stereocenters. The Labute approximate surface area is 218 Å². The molecule has 1 aliphatic carbocycles. The lowest BCUT2D eigenvalue weighted by atomic mass is 9.78. The molecule has 0 heterocycles. The molecule has 2 N–H and O–H groups in total. The van der Waals surface area contributed by atoms with Crippen molar-refractivity contribution in [3.63, 3.8) is 0 Å². The zero-order valence-corrected chi connectivity index (χ0v) is 23.6. The number of carbonyl (C=O) groups is 2. The molecular weight excluding hydrogens is 535 g/mol. The van der Waals surface area contributed by atoms with Gasteiger partial charge in [-0.1, -0.05) is 79.0 Å². The van der Waals surface area contributed by atoms with Crippen molar-refractivity contribution in [2.45, 2.75) is 96.6 Å². The van der Waals surface area contributed by atoms with Crippen LogP contribution in [0, 0.1) is 3.57 Å². The van der Waals surface area contributed by atoms with Crippen molar-refractivity contribution in [1.82, 2.24) is 10.6 Å². The van der Waals surface area contributed by atoms with Crippen LogP contribution in [0.3, 0.4) is 0 Å². The van der Waals surface area contributed by atoms with Gasteiger partial charge in [0.1, 0.15) is 5.54 Å². The Morgan fingerprint density at radius 3 is 1.88 bits per heavy atom. The van der Waals surface area contributed by atoms with Gasteiger partial charge in [0, 0.05) is 15.7 Å². The van der Waals surface area contributed by atoms with Crippen molar-refractivity contribution in [2.75, 3.05) is 0 Å². The van der Waals surface area contributed by atoms with Crippen LogP contribution < -0.4 is 10.6 Å². The molecule has 0 aliphatic heterocycles. The Balaban J connectivity index is 1.86. The molecule has 0 radical (unpaired) electrons. The standard InChI is InChI=1S/C29H39IN2O2/c1-27(2,3)22-16-21(17-23(18-22)28(4,5)6)25(33)32-29(14-8-7-9-15-29)26(34)31-19-20-10-12-24(30)13-11-20/h10-13,16-18H,7-9,14-15,19H2,1-6H3,(H,31,34)(H,32,33). The van der Waals surface area contributed by atoms with Crippen LogP contribution >= 0.6 is 22.6 Å². The number of benzene rings is 2. The topological polar surface area (TPSA) is 58.2 Å². The van der Waals surface area contributed by atoms with Gasteiger partial charge in [-0.05, 0) is 87.2 Å². The normalized spacial score (nSPS) is 16.1. The Hall–Kier alpha value is -1.89. The van der Waals surface area contributed by atoms with Crippen molar-refractivity contribution >= 4 is 34.4 Å². The fraction of sp³-hybridized carbons (Fsp3) is 0.517. The number of hydrogen-bond donors (Lipinski definition) is 2. The van der Waals surface area contributed by atoms with Gasteiger partial charge in [0.2, 0.25) is 5.91 Å². The first-order chi connectivity index (χ1) is 15.8. The van der Waals surface area contributed by atoms with Gasteiger partial charge in [-0.25, -0.2) is 0 Å². The summed E-state index contributed by atoms with van der Waals surface area (Å²) >= 11 is 2.27. The van der Waals surface area contributed by atoms with Gasteiger partial charge in [0.15, 0.2) is 0 Å². The molecular formula is C29H39IN2O2. The molecule has 5 heteroatoms. The van der Waals surface area contributed by atoms with Crippen LogP contribution in [0.2, 0.25) is 0 Å². The summed E-state index contributed by atoms with van der Waals surface area (Å²) in [6.45, 7) is 13.4. The molecule has 2 aromatic rings. The van der Waals surface area contributed by atoms with Crippen LogP contribution in [0.15, 0.2) is 42.5 Å². The lowest BCUT2D eigenvalue weighted by Crippen LogP contribution is -2.59. The van der Waals surface area contributed by atoms with Crippen LogP contribution in [0.1, 0.15) is 101 Å². The average Bonchev–Trinajstić information content (AvgIpc) is 2.77. The third kappa shape index (κ3) is 6.61. The second-order valence-electron chi connectivity index (χ2n) is 11.7. The summed E-state index contributed by atoms with van der Waals surface area (Å²) in [6.07, 6.45) is 4.30. The summed E-state index contributed by atoms with van der Waals surface area (Å²) in [6, 6.07) is 14.3. The third-order valence-electron chi connectivity index (χ3n) is 6.79. The average molecular weight is 575 g/mol. The third-order valence-corrected chi connectivity index (χ3v) is 7.51. The smallest absolute Gasteiger partial charge is 0.252 e. The number of halogens is 1. The van der Waals surface area contributed by atoms with Crippen LogP contribution in [-0.2, 0) is 22.2 Å². The van der Waals surface area contributed by atoms with Gasteiger partial charge < -0.3 is 10.6 Å². The van der Waals surface area contributed by atoms with Crippen LogP contribution in [0.5, 0.6) is 0 Å². The van der Waals surface area contributed by atoms with Crippen molar-refractivity contribution < 1.29 is 9.59 Å². The molecule has 1 saturated carbocycles. The fourth-order valence-electron chi connectivity index (χ4n) is 4.43. The van der Waals surface area contributed by atoms with E-state index in [1.807, 2.05) is 36.4 Å². The van der Waals surface area contributed by atoms with Gasteiger partial charge in [0.25, 0.3) is 5.91 Å². The molecule has 2 aromatic carbocycles. The van der Waals surface area contributed by atoms with Crippen molar-refractivity contribution in [3.8, 4) is 0 Å². The first kappa shape index (κ1) is 26.7. The number of hydrogen-bond acceptors (Lipinski definition) is 2. The van der Waals surface area contributed by atoms with E-state index in [2.05, 4.69) is 80.8 Å². The predicted octanol–water partition coefficient (Wildman–Crippen LogP) is 6.64. The summed E-state index contributed by atoms with van der Waals surface area (Å²) < 4.78 is 1.16. The minimum absolute atomic E-state index is 0.0797. The zero-order valence-electron chi connectivity index (χ0n) is 21.5. The van der Waals surface area contributed by atoms with Gasteiger partial charge in [0.05, 0.1) is 0 Å². The highest BCUT2D eigenvalue weighted by atomic mass is 127. The number of carbonyl (C=O) groups excluding carboxylic acids is 2. The van der Waals surface area contributed by atoms with Crippen LogP contribution in [0.4, 0.5) is 0 Å².